The molecule has 1 fully saturated rings. The molecule has 0 aliphatic carbocycles. The van der Waals surface area contributed by atoms with Gasteiger partial charge in [0, 0.05) is 12.2 Å². The minimum absolute atomic E-state index is 0.158. The zero-order valence-corrected chi connectivity index (χ0v) is 11.5. The number of anilines is 1. The van der Waals surface area contributed by atoms with Crippen LogP contribution < -0.4 is 10.2 Å². The number of hydrogen-bond donors (Lipinski definition) is 1. The van der Waals surface area contributed by atoms with Crippen molar-refractivity contribution in [2.45, 2.75) is 39.2 Å². The van der Waals surface area contributed by atoms with E-state index in [1.54, 1.807) is 0 Å². The van der Waals surface area contributed by atoms with Crippen LogP contribution in [-0.4, -0.2) is 24.5 Å². The molecular formula is C15H22N2O. The van der Waals surface area contributed by atoms with Crippen LogP contribution in [0.1, 0.15) is 32.3 Å². The SMILES string of the molecule is Cc1ccc(N2CCCCNC(C)(C)C2=O)cc1. The molecule has 0 radical (unpaired) electrons. The van der Waals surface area contributed by atoms with E-state index in [4.69, 9.17) is 0 Å². The lowest BCUT2D eigenvalue weighted by molar-refractivity contribution is -0.124. The average Bonchev–Trinajstić information content (AvgIpc) is 2.33. The highest BCUT2D eigenvalue weighted by Gasteiger charge is 2.33. The molecule has 3 heteroatoms. The van der Waals surface area contributed by atoms with Crippen LogP contribution in [0.25, 0.3) is 0 Å². The molecule has 0 bridgehead atoms. The molecule has 1 amide bonds. The van der Waals surface area contributed by atoms with E-state index in [9.17, 15) is 4.79 Å². The summed E-state index contributed by atoms with van der Waals surface area (Å²) in [6.07, 6.45) is 2.15. The third-order valence-electron chi connectivity index (χ3n) is 3.50. The Bertz CT molecular complexity index is 423. The van der Waals surface area contributed by atoms with Gasteiger partial charge in [-0.2, -0.15) is 0 Å². The Morgan fingerprint density at radius 3 is 2.50 bits per heavy atom. The largest absolute Gasteiger partial charge is 0.311 e. The molecule has 0 spiro atoms. The summed E-state index contributed by atoms with van der Waals surface area (Å²) in [5.74, 6) is 0.158. The molecule has 1 aromatic rings. The molecule has 1 aliphatic rings. The van der Waals surface area contributed by atoms with Crippen LogP contribution in [0, 0.1) is 6.92 Å². The van der Waals surface area contributed by atoms with Crippen LogP contribution >= 0.6 is 0 Å². The Kier molecular flexibility index (Phi) is 3.71. The molecular weight excluding hydrogens is 224 g/mol. The van der Waals surface area contributed by atoms with Gasteiger partial charge in [-0.25, -0.2) is 0 Å². The van der Waals surface area contributed by atoms with Gasteiger partial charge in [0.25, 0.3) is 0 Å². The third kappa shape index (κ3) is 2.72. The molecule has 1 N–H and O–H groups in total. The molecule has 3 nitrogen and oxygen atoms in total. The van der Waals surface area contributed by atoms with Gasteiger partial charge in [-0.15, -0.1) is 0 Å². The molecule has 0 aromatic heterocycles. The van der Waals surface area contributed by atoms with Crippen LogP contribution in [0.3, 0.4) is 0 Å². The van der Waals surface area contributed by atoms with Crippen LogP contribution in [0.15, 0.2) is 24.3 Å². The molecule has 1 heterocycles. The lowest BCUT2D eigenvalue weighted by atomic mass is 10.0. The van der Waals surface area contributed by atoms with Crippen molar-refractivity contribution in [2.24, 2.45) is 0 Å². The van der Waals surface area contributed by atoms with Crippen molar-refractivity contribution in [2.75, 3.05) is 18.0 Å². The minimum atomic E-state index is -0.481. The summed E-state index contributed by atoms with van der Waals surface area (Å²) >= 11 is 0. The minimum Gasteiger partial charge on any atom is -0.311 e. The number of amides is 1. The van der Waals surface area contributed by atoms with Gasteiger partial charge in [-0.3, -0.25) is 4.79 Å². The van der Waals surface area contributed by atoms with Crippen molar-refractivity contribution in [3.63, 3.8) is 0 Å². The number of aryl methyl sites for hydroxylation is 1. The van der Waals surface area contributed by atoms with Crippen LogP contribution in [0.4, 0.5) is 5.69 Å². The molecule has 18 heavy (non-hydrogen) atoms. The third-order valence-corrected chi connectivity index (χ3v) is 3.50. The summed E-state index contributed by atoms with van der Waals surface area (Å²) in [7, 11) is 0. The van der Waals surface area contributed by atoms with Gasteiger partial charge in [0.2, 0.25) is 5.91 Å². The molecule has 1 saturated heterocycles. The van der Waals surface area contributed by atoms with E-state index < -0.39 is 5.54 Å². The first-order valence-corrected chi connectivity index (χ1v) is 6.64. The van der Waals surface area contributed by atoms with Crippen LogP contribution in [0.2, 0.25) is 0 Å². The van der Waals surface area contributed by atoms with E-state index in [2.05, 4.69) is 24.4 Å². The molecule has 0 saturated carbocycles. The molecule has 0 atom stereocenters. The lowest BCUT2D eigenvalue weighted by Crippen LogP contribution is -2.56. The summed E-state index contributed by atoms with van der Waals surface area (Å²) in [5, 5.41) is 3.33. The van der Waals surface area contributed by atoms with E-state index in [1.165, 1.54) is 5.56 Å². The van der Waals surface area contributed by atoms with Crippen molar-refractivity contribution in [3.8, 4) is 0 Å². The van der Waals surface area contributed by atoms with E-state index in [1.807, 2.05) is 30.9 Å². The van der Waals surface area contributed by atoms with Crippen molar-refractivity contribution in [3.05, 3.63) is 29.8 Å². The Morgan fingerprint density at radius 2 is 1.83 bits per heavy atom. The highest BCUT2D eigenvalue weighted by atomic mass is 16.2. The Labute approximate surface area is 109 Å². The summed E-state index contributed by atoms with van der Waals surface area (Å²) in [6.45, 7) is 7.71. The second kappa shape index (κ2) is 5.11. The number of nitrogens with zero attached hydrogens (tertiary/aromatic N) is 1. The Morgan fingerprint density at radius 1 is 1.17 bits per heavy atom. The van der Waals surface area contributed by atoms with E-state index in [0.29, 0.717) is 0 Å². The van der Waals surface area contributed by atoms with E-state index >= 15 is 0 Å². The van der Waals surface area contributed by atoms with Crippen LogP contribution in [-0.2, 0) is 4.79 Å². The van der Waals surface area contributed by atoms with Crippen LogP contribution in [0.5, 0.6) is 0 Å². The predicted octanol–water partition coefficient (Wildman–Crippen LogP) is 2.49. The summed E-state index contributed by atoms with van der Waals surface area (Å²) in [6, 6.07) is 8.18. The monoisotopic (exact) mass is 246 g/mol. The molecule has 0 unspecified atom stereocenters. The fourth-order valence-corrected chi connectivity index (χ4v) is 2.28. The molecule has 98 valence electrons. The van der Waals surface area contributed by atoms with Gasteiger partial charge in [0.15, 0.2) is 0 Å². The van der Waals surface area contributed by atoms with Gasteiger partial charge in [0.1, 0.15) is 0 Å². The standard InChI is InChI=1S/C15H22N2O/c1-12-6-8-13(9-7-12)17-11-5-4-10-16-15(2,3)14(17)18/h6-9,16H,4-5,10-11H2,1-3H3. The first-order valence-electron chi connectivity index (χ1n) is 6.64. The number of carbonyl (C=O) groups excluding carboxylic acids is 1. The fourth-order valence-electron chi connectivity index (χ4n) is 2.28. The first kappa shape index (κ1) is 13.1. The molecule has 1 aromatic carbocycles. The van der Waals surface area contributed by atoms with Gasteiger partial charge in [-0.05, 0) is 52.3 Å². The van der Waals surface area contributed by atoms with E-state index in [0.717, 1.165) is 31.6 Å². The fraction of sp³-hybridized carbons (Fsp3) is 0.533. The number of benzene rings is 1. The van der Waals surface area contributed by atoms with Gasteiger partial charge < -0.3 is 10.2 Å². The Hall–Kier alpha value is -1.35. The second-order valence-electron chi connectivity index (χ2n) is 5.55. The maximum atomic E-state index is 12.6. The second-order valence-corrected chi connectivity index (χ2v) is 5.55. The van der Waals surface area contributed by atoms with E-state index in [-0.39, 0.29) is 5.91 Å². The zero-order valence-electron chi connectivity index (χ0n) is 11.5. The zero-order chi connectivity index (χ0) is 13.2. The van der Waals surface area contributed by atoms with Gasteiger partial charge in [0.05, 0.1) is 5.54 Å². The van der Waals surface area contributed by atoms with Crippen molar-refractivity contribution in [1.29, 1.82) is 0 Å². The van der Waals surface area contributed by atoms with Crippen molar-refractivity contribution >= 4 is 11.6 Å². The summed E-state index contributed by atoms with van der Waals surface area (Å²) in [4.78, 5) is 14.5. The van der Waals surface area contributed by atoms with Crippen molar-refractivity contribution in [1.82, 2.24) is 5.32 Å². The summed E-state index contributed by atoms with van der Waals surface area (Å²) < 4.78 is 0. The normalized spacial score (nSPS) is 20.4. The number of carbonyl (C=O) groups is 1. The van der Waals surface area contributed by atoms with Gasteiger partial charge >= 0.3 is 0 Å². The lowest BCUT2D eigenvalue weighted by Gasteiger charge is -2.35. The highest BCUT2D eigenvalue weighted by Crippen LogP contribution is 2.21. The van der Waals surface area contributed by atoms with Crippen molar-refractivity contribution < 1.29 is 4.79 Å². The number of hydrogen-bond acceptors (Lipinski definition) is 2. The molecule has 1 aliphatic heterocycles. The maximum Gasteiger partial charge on any atom is 0.246 e. The maximum absolute atomic E-state index is 12.6. The number of rotatable bonds is 1. The Balaban J connectivity index is 2.28. The smallest absolute Gasteiger partial charge is 0.246 e. The summed E-state index contributed by atoms with van der Waals surface area (Å²) in [5.41, 5.74) is 1.74. The highest BCUT2D eigenvalue weighted by molar-refractivity contribution is 5.99. The topological polar surface area (TPSA) is 32.3 Å². The average molecular weight is 246 g/mol. The molecule has 2 rings (SSSR count). The van der Waals surface area contributed by atoms with Gasteiger partial charge in [-0.1, -0.05) is 17.7 Å². The quantitative estimate of drug-likeness (QED) is 0.825. The predicted molar refractivity (Wildman–Crippen MR) is 74.8 cm³/mol. The number of nitrogens with one attached hydrogen (secondary N) is 1. The first-order chi connectivity index (χ1) is 8.50.